The van der Waals surface area contributed by atoms with Crippen LogP contribution in [0.1, 0.15) is 76.7 Å². The van der Waals surface area contributed by atoms with Crippen LogP contribution < -0.4 is 5.32 Å². The third-order valence-electron chi connectivity index (χ3n) is 9.81. The molecule has 0 saturated heterocycles. The van der Waals surface area contributed by atoms with Gasteiger partial charge in [0.1, 0.15) is 0 Å². The second-order valence-corrected chi connectivity index (χ2v) is 11.4. The number of aliphatic hydroxyl groups is 2. The van der Waals surface area contributed by atoms with E-state index in [1.165, 1.54) is 36.9 Å². The van der Waals surface area contributed by atoms with Crippen LogP contribution >= 0.6 is 0 Å². The van der Waals surface area contributed by atoms with Gasteiger partial charge in [0.25, 0.3) is 0 Å². The Morgan fingerprint density at radius 1 is 0.931 bits per heavy atom. The molecule has 0 amide bonds. The molecule has 0 aliphatic heterocycles. The van der Waals surface area contributed by atoms with E-state index >= 15 is 0 Å². The summed E-state index contributed by atoms with van der Waals surface area (Å²) in [5.74, 6) is 4.09. The minimum absolute atomic E-state index is 0.0699. The Morgan fingerprint density at radius 3 is 2.41 bits per heavy atom. The fourth-order valence-electron chi connectivity index (χ4n) is 8.42. The Bertz CT molecular complexity index is 744. The van der Waals surface area contributed by atoms with Crippen LogP contribution in [0.5, 0.6) is 0 Å². The number of anilines is 1. The summed E-state index contributed by atoms with van der Waals surface area (Å²) in [6.45, 7) is 4.44. The van der Waals surface area contributed by atoms with Gasteiger partial charge in [-0.25, -0.2) is 0 Å². The van der Waals surface area contributed by atoms with Gasteiger partial charge in [0, 0.05) is 12.7 Å². The van der Waals surface area contributed by atoms with E-state index in [0.717, 1.165) is 37.5 Å². The molecule has 3 nitrogen and oxygen atoms in total. The molecule has 4 saturated carbocycles. The predicted octanol–water partition coefficient (Wildman–Crippen LogP) is 5.19. The average Bonchev–Trinajstić information content (AvgIpc) is 3.01. The van der Waals surface area contributed by atoms with Gasteiger partial charge < -0.3 is 15.5 Å². The van der Waals surface area contributed by atoms with Gasteiger partial charge in [0.15, 0.2) is 0 Å². The van der Waals surface area contributed by atoms with E-state index in [-0.39, 0.29) is 11.5 Å². The van der Waals surface area contributed by atoms with Crippen molar-refractivity contribution in [3.05, 3.63) is 29.8 Å². The van der Waals surface area contributed by atoms with Crippen molar-refractivity contribution in [3.63, 3.8) is 0 Å². The van der Waals surface area contributed by atoms with E-state index < -0.39 is 5.60 Å². The number of hydrogen-bond donors (Lipinski definition) is 3. The molecule has 4 fully saturated rings. The summed E-state index contributed by atoms with van der Waals surface area (Å²) >= 11 is 0. The van der Waals surface area contributed by atoms with E-state index in [9.17, 15) is 10.2 Å². The first-order valence-electron chi connectivity index (χ1n) is 12.0. The summed E-state index contributed by atoms with van der Waals surface area (Å²) in [6.07, 6.45) is 8.85. The number of benzene rings is 1. The molecule has 0 spiro atoms. The number of fused-ring (bicyclic) bond motifs is 5. The minimum Gasteiger partial charge on any atom is -0.393 e. The molecule has 3 N–H and O–H groups in total. The van der Waals surface area contributed by atoms with E-state index in [1.807, 2.05) is 7.05 Å². The lowest BCUT2D eigenvalue weighted by Gasteiger charge is -2.59. The van der Waals surface area contributed by atoms with Crippen LogP contribution in [0.2, 0.25) is 0 Å². The maximum Gasteiger partial charge on any atom is 0.0622 e. The molecule has 3 heteroatoms. The first-order valence-corrected chi connectivity index (χ1v) is 12.0. The number of aliphatic hydroxyl groups excluding tert-OH is 1. The highest BCUT2D eigenvalue weighted by atomic mass is 16.3. The van der Waals surface area contributed by atoms with Gasteiger partial charge in [-0.1, -0.05) is 19.1 Å². The van der Waals surface area contributed by atoms with Crippen molar-refractivity contribution in [2.75, 3.05) is 12.4 Å². The van der Waals surface area contributed by atoms with Crippen LogP contribution in [0, 0.1) is 35.0 Å². The Labute approximate surface area is 176 Å². The smallest absolute Gasteiger partial charge is 0.0622 e. The number of nitrogens with one attached hydrogen (secondary N) is 1. The van der Waals surface area contributed by atoms with Gasteiger partial charge in [-0.05, 0) is 117 Å². The van der Waals surface area contributed by atoms with E-state index in [4.69, 9.17) is 0 Å². The lowest BCUT2D eigenvalue weighted by atomic mass is 9.46. The number of rotatable bonds is 2. The zero-order valence-electron chi connectivity index (χ0n) is 18.4. The lowest BCUT2D eigenvalue weighted by molar-refractivity contribution is -0.118. The third kappa shape index (κ3) is 3.15. The topological polar surface area (TPSA) is 52.5 Å². The largest absolute Gasteiger partial charge is 0.393 e. The zero-order chi connectivity index (χ0) is 20.4. The van der Waals surface area contributed by atoms with Crippen LogP contribution in [-0.2, 0) is 0 Å². The van der Waals surface area contributed by atoms with Crippen molar-refractivity contribution in [2.45, 2.75) is 82.8 Å². The van der Waals surface area contributed by atoms with Crippen LogP contribution in [0.4, 0.5) is 5.69 Å². The van der Waals surface area contributed by atoms with Crippen molar-refractivity contribution in [2.24, 2.45) is 35.0 Å². The highest BCUT2D eigenvalue weighted by Gasteiger charge is 2.60. The molecule has 0 aromatic heterocycles. The van der Waals surface area contributed by atoms with Crippen molar-refractivity contribution in [1.29, 1.82) is 0 Å². The Morgan fingerprint density at radius 2 is 1.69 bits per heavy atom. The highest BCUT2D eigenvalue weighted by Crippen LogP contribution is 2.66. The summed E-state index contributed by atoms with van der Waals surface area (Å²) in [5, 5.41) is 25.0. The summed E-state index contributed by atoms with van der Waals surface area (Å²) in [6, 6.07) is 9.11. The van der Waals surface area contributed by atoms with Crippen molar-refractivity contribution in [3.8, 4) is 0 Å². The van der Waals surface area contributed by atoms with Crippen LogP contribution in [0.25, 0.3) is 0 Å². The van der Waals surface area contributed by atoms with E-state index in [0.29, 0.717) is 23.7 Å². The summed E-state index contributed by atoms with van der Waals surface area (Å²) in [5.41, 5.74) is 2.24. The maximum absolute atomic E-state index is 11.0. The minimum atomic E-state index is -0.468. The maximum atomic E-state index is 11.0. The normalized spacial score (nSPS) is 49.1. The molecule has 29 heavy (non-hydrogen) atoms. The molecule has 160 valence electrons. The Balaban J connectivity index is 1.53. The van der Waals surface area contributed by atoms with Crippen molar-refractivity contribution < 1.29 is 10.2 Å². The van der Waals surface area contributed by atoms with Gasteiger partial charge >= 0.3 is 0 Å². The molecular weight excluding hydrogens is 358 g/mol. The molecular formula is C26H39NO2. The average molecular weight is 398 g/mol. The van der Waals surface area contributed by atoms with Crippen LogP contribution in [-0.4, -0.2) is 29.0 Å². The molecule has 1 aromatic rings. The lowest BCUT2D eigenvalue weighted by Crippen LogP contribution is -2.53. The second kappa shape index (κ2) is 6.99. The standard InChI is InChI=1S/C26H39NO2/c1-25(29)13-12-19-17(14-25)6-9-20-22-10-11-23(28)26(22,2)15-21(24(19)20)16-4-7-18(27-3)8-5-16/h4-5,7-8,17,19-24,27-29H,6,9-15H2,1-3H3/t17-,19-,20?,21+,22?,23-,24?,25+,26-/m0/s1. The van der Waals surface area contributed by atoms with Crippen molar-refractivity contribution >= 4 is 5.69 Å². The number of hydrogen-bond acceptors (Lipinski definition) is 3. The van der Waals surface area contributed by atoms with Crippen LogP contribution in [0.3, 0.4) is 0 Å². The monoisotopic (exact) mass is 397 g/mol. The molecule has 9 atom stereocenters. The first kappa shape index (κ1) is 19.9. The van der Waals surface area contributed by atoms with Crippen LogP contribution in [0.15, 0.2) is 24.3 Å². The fourth-order valence-corrected chi connectivity index (χ4v) is 8.42. The molecule has 0 bridgehead atoms. The zero-order valence-corrected chi connectivity index (χ0v) is 18.4. The molecule has 0 radical (unpaired) electrons. The molecule has 4 aliphatic carbocycles. The van der Waals surface area contributed by atoms with Gasteiger partial charge in [-0.3, -0.25) is 0 Å². The molecule has 1 aromatic carbocycles. The molecule has 0 heterocycles. The Hall–Kier alpha value is -1.06. The SMILES string of the molecule is CNc1ccc([C@H]2C[C@@]3(C)C(CC[C@@H]3O)C3CC[C@H]4C[C@](C)(O)CC[C@@H]4C32)cc1. The van der Waals surface area contributed by atoms with Gasteiger partial charge in [-0.15, -0.1) is 0 Å². The van der Waals surface area contributed by atoms with Gasteiger partial charge in [0.05, 0.1) is 11.7 Å². The second-order valence-electron chi connectivity index (χ2n) is 11.4. The fraction of sp³-hybridized carbons (Fsp3) is 0.769. The first-order chi connectivity index (χ1) is 13.8. The highest BCUT2D eigenvalue weighted by molar-refractivity contribution is 5.45. The summed E-state index contributed by atoms with van der Waals surface area (Å²) < 4.78 is 0. The molecule has 4 aliphatic rings. The quantitative estimate of drug-likeness (QED) is 0.644. The summed E-state index contributed by atoms with van der Waals surface area (Å²) in [4.78, 5) is 0. The predicted molar refractivity (Wildman–Crippen MR) is 118 cm³/mol. The molecule has 5 rings (SSSR count). The van der Waals surface area contributed by atoms with E-state index in [2.05, 4.69) is 43.4 Å². The van der Waals surface area contributed by atoms with Gasteiger partial charge in [0.2, 0.25) is 0 Å². The van der Waals surface area contributed by atoms with Gasteiger partial charge in [-0.2, -0.15) is 0 Å². The summed E-state index contributed by atoms with van der Waals surface area (Å²) in [7, 11) is 1.98. The third-order valence-corrected chi connectivity index (χ3v) is 9.81. The van der Waals surface area contributed by atoms with Crippen molar-refractivity contribution in [1.82, 2.24) is 0 Å². The Kier molecular flexibility index (Phi) is 4.79. The molecule has 3 unspecified atom stereocenters. The van der Waals surface area contributed by atoms with E-state index in [1.54, 1.807) is 0 Å².